The number of nitrogens with one attached hydrogen (secondary N) is 2. The topological polar surface area (TPSA) is 130 Å². The van der Waals surface area contributed by atoms with Gasteiger partial charge in [0.2, 0.25) is 11.8 Å². The Labute approximate surface area is 110 Å². The fraction of sp³-hybridized carbons (Fsp3) is 0.700. The van der Waals surface area contributed by atoms with Crippen molar-refractivity contribution < 1.29 is 27.9 Å². The summed E-state index contributed by atoms with van der Waals surface area (Å²) in [5.41, 5.74) is 0. The van der Waals surface area contributed by atoms with E-state index in [0.717, 1.165) is 12.8 Å². The number of hydrogen-bond donors (Lipinski definition) is 3. The van der Waals surface area contributed by atoms with Crippen molar-refractivity contribution in [1.29, 1.82) is 0 Å². The molecular formula is C10H16N2O6S. The molecule has 0 aromatic carbocycles. The molecule has 1 fully saturated rings. The van der Waals surface area contributed by atoms with Gasteiger partial charge in [0.05, 0.1) is 0 Å². The monoisotopic (exact) mass is 292 g/mol. The van der Waals surface area contributed by atoms with Crippen LogP contribution in [0.2, 0.25) is 0 Å². The summed E-state index contributed by atoms with van der Waals surface area (Å²) in [6.07, 6.45) is 1.98. The Morgan fingerprint density at radius 3 is 2.63 bits per heavy atom. The van der Waals surface area contributed by atoms with Crippen LogP contribution in [0.3, 0.4) is 0 Å². The number of hydrogen-bond acceptors (Lipinski definition) is 5. The summed E-state index contributed by atoms with van der Waals surface area (Å²) in [6, 6.07) is -0.755. The van der Waals surface area contributed by atoms with Gasteiger partial charge in [-0.2, -0.15) is 0 Å². The standard InChI is InChI=1S/C10H16N2O6S/c13-8(5-19(17,18)6-9(14)15)12-7-3-1-2-4-11-10(7)16/h7H,1-6H2,(H,11,16)(H,12,13)(H,14,15). The van der Waals surface area contributed by atoms with Crippen LogP contribution in [0.25, 0.3) is 0 Å². The molecule has 0 aliphatic carbocycles. The van der Waals surface area contributed by atoms with Gasteiger partial charge in [-0.1, -0.05) is 0 Å². The van der Waals surface area contributed by atoms with Crippen molar-refractivity contribution in [3.05, 3.63) is 0 Å². The van der Waals surface area contributed by atoms with Crippen molar-refractivity contribution in [2.45, 2.75) is 25.3 Å². The Balaban J connectivity index is 2.54. The Morgan fingerprint density at radius 1 is 1.32 bits per heavy atom. The van der Waals surface area contributed by atoms with Gasteiger partial charge in [-0.25, -0.2) is 8.42 Å². The van der Waals surface area contributed by atoms with E-state index in [9.17, 15) is 22.8 Å². The van der Waals surface area contributed by atoms with Crippen molar-refractivity contribution in [2.24, 2.45) is 0 Å². The first-order valence-electron chi connectivity index (χ1n) is 5.79. The van der Waals surface area contributed by atoms with E-state index in [2.05, 4.69) is 10.6 Å². The van der Waals surface area contributed by atoms with Gasteiger partial charge in [0, 0.05) is 6.54 Å². The second-order valence-corrected chi connectivity index (χ2v) is 6.40. The maximum absolute atomic E-state index is 11.5. The third-order valence-electron chi connectivity index (χ3n) is 2.56. The van der Waals surface area contributed by atoms with Crippen LogP contribution in [0, 0.1) is 0 Å². The van der Waals surface area contributed by atoms with Crippen LogP contribution in [-0.4, -0.2) is 55.4 Å². The van der Waals surface area contributed by atoms with Gasteiger partial charge in [-0.05, 0) is 19.3 Å². The molecule has 1 saturated heterocycles. The van der Waals surface area contributed by atoms with Crippen LogP contribution in [-0.2, 0) is 24.2 Å². The van der Waals surface area contributed by atoms with Crippen molar-refractivity contribution in [2.75, 3.05) is 18.1 Å². The highest BCUT2D eigenvalue weighted by atomic mass is 32.2. The van der Waals surface area contributed by atoms with Crippen LogP contribution >= 0.6 is 0 Å². The molecule has 108 valence electrons. The van der Waals surface area contributed by atoms with Gasteiger partial charge in [-0.15, -0.1) is 0 Å². The zero-order valence-corrected chi connectivity index (χ0v) is 11.0. The van der Waals surface area contributed by atoms with Crippen molar-refractivity contribution >= 4 is 27.6 Å². The smallest absolute Gasteiger partial charge is 0.318 e. The lowest BCUT2D eigenvalue weighted by atomic mass is 10.1. The molecule has 9 heteroatoms. The number of sulfone groups is 1. The molecule has 0 saturated carbocycles. The minimum absolute atomic E-state index is 0.346. The summed E-state index contributed by atoms with van der Waals surface area (Å²) in [6.45, 7) is 0.530. The minimum atomic E-state index is -4.00. The largest absolute Gasteiger partial charge is 0.480 e. The van der Waals surface area contributed by atoms with Crippen LogP contribution in [0.1, 0.15) is 19.3 Å². The number of carbonyl (C=O) groups is 3. The molecule has 2 amide bonds. The number of rotatable bonds is 5. The highest BCUT2D eigenvalue weighted by molar-refractivity contribution is 7.92. The molecule has 1 rings (SSSR count). The summed E-state index contributed by atoms with van der Waals surface area (Å²) in [7, 11) is -4.00. The molecule has 1 atom stereocenters. The third-order valence-corrected chi connectivity index (χ3v) is 3.95. The van der Waals surface area contributed by atoms with Gasteiger partial charge in [0.25, 0.3) is 0 Å². The van der Waals surface area contributed by atoms with E-state index in [-0.39, 0.29) is 5.91 Å². The first-order valence-corrected chi connectivity index (χ1v) is 7.61. The third kappa shape index (κ3) is 5.69. The number of aliphatic carboxylic acids is 1. The predicted octanol–water partition coefficient (Wildman–Crippen LogP) is -1.73. The normalized spacial score (nSPS) is 20.2. The van der Waals surface area contributed by atoms with Crippen LogP contribution in [0.15, 0.2) is 0 Å². The quantitative estimate of drug-likeness (QED) is 0.552. The number of carboxylic acid groups (broad SMARTS) is 1. The molecule has 1 heterocycles. The molecular weight excluding hydrogens is 276 g/mol. The van der Waals surface area contributed by atoms with Gasteiger partial charge in [0.1, 0.15) is 17.5 Å². The summed E-state index contributed by atoms with van der Waals surface area (Å²) in [5, 5.41) is 13.3. The van der Waals surface area contributed by atoms with E-state index >= 15 is 0 Å². The van der Waals surface area contributed by atoms with Crippen molar-refractivity contribution in [3.63, 3.8) is 0 Å². The fourth-order valence-electron chi connectivity index (χ4n) is 1.75. The Kier molecular flexibility index (Phi) is 5.28. The SMILES string of the molecule is O=C(O)CS(=O)(=O)CC(=O)NC1CCCCNC1=O. The minimum Gasteiger partial charge on any atom is -0.480 e. The number of carboxylic acids is 1. The zero-order chi connectivity index (χ0) is 14.5. The Bertz CT molecular complexity index is 472. The number of carbonyl (C=O) groups excluding carboxylic acids is 2. The van der Waals surface area contributed by atoms with Gasteiger partial charge in [-0.3, -0.25) is 14.4 Å². The first kappa shape index (κ1) is 15.4. The molecule has 1 unspecified atom stereocenters. The summed E-state index contributed by atoms with van der Waals surface area (Å²) < 4.78 is 22.6. The van der Waals surface area contributed by atoms with E-state index in [4.69, 9.17) is 5.11 Å². The number of amides is 2. The highest BCUT2D eigenvalue weighted by Crippen LogP contribution is 2.05. The van der Waals surface area contributed by atoms with Crippen molar-refractivity contribution in [3.8, 4) is 0 Å². The lowest BCUT2D eigenvalue weighted by Gasteiger charge is -2.14. The summed E-state index contributed by atoms with van der Waals surface area (Å²) in [4.78, 5) is 33.3. The Hall–Kier alpha value is -1.64. The molecule has 1 aliphatic rings. The maximum Gasteiger partial charge on any atom is 0.318 e. The van der Waals surface area contributed by atoms with Crippen LogP contribution < -0.4 is 10.6 Å². The van der Waals surface area contributed by atoms with Gasteiger partial charge in [0.15, 0.2) is 9.84 Å². The van der Waals surface area contributed by atoms with Gasteiger partial charge >= 0.3 is 5.97 Å². The first-order chi connectivity index (χ1) is 8.80. The summed E-state index contributed by atoms with van der Waals surface area (Å²) >= 11 is 0. The van der Waals surface area contributed by atoms with E-state index in [1.807, 2.05) is 0 Å². The van der Waals surface area contributed by atoms with Crippen LogP contribution in [0.5, 0.6) is 0 Å². The fourth-order valence-corrected chi connectivity index (χ4v) is 2.71. The average molecular weight is 292 g/mol. The lowest BCUT2D eigenvalue weighted by Crippen LogP contribution is -2.47. The molecule has 8 nitrogen and oxygen atoms in total. The highest BCUT2D eigenvalue weighted by Gasteiger charge is 2.26. The molecule has 0 aromatic rings. The lowest BCUT2D eigenvalue weighted by molar-refractivity contribution is -0.134. The second kappa shape index (κ2) is 6.50. The molecule has 0 spiro atoms. The molecule has 0 bridgehead atoms. The molecule has 19 heavy (non-hydrogen) atoms. The molecule has 0 aromatic heterocycles. The van der Waals surface area contributed by atoms with E-state index in [0.29, 0.717) is 13.0 Å². The average Bonchev–Trinajstić information content (AvgIpc) is 2.41. The Morgan fingerprint density at radius 2 is 2.00 bits per heavy atom. The van der Waals surface area contributed by atoms with E-state index in [1.165, 1.54) is 0 Å². The predicted molar refractivity (Wildman–Crippen MR) is 65.1 cm³/mol. The second-order valence-electron chi connectivity index (χ2n) is 4.33. The van der Waals surface area contributed by atoms with E-state index in [1.54, 1.807) is 0 Å². The van der Waals surface area contributed by atoms with Crippen LogP contribution in [0.4, 0.5) is 0 Å². The molecule has 1 aliphatic heterocycles. The van der Waals surface area contributed by atoms with Gasteiger partial charge < -0.3 is 15.7 Å². The molecule has 3 N–H and O–H groups in total. The zero-order valence-electron chi connectivity index (χ0n) is 10.2. The van der Waals surface area contributed by atoms with Crippen molar-refractivity contribution in [1.82, 2.24) is 10.6 Å². The summed E-state index contributed by atoms with van der Waals surface area (Å²) in [5.74, 6) is -4.75. The maximum atomic E-state index is 11.5. The van der Waals surface area contributed by atoms with E-state index < -0.39 is 39.3 Å². The molecule has 0 radical (unpaired) electrons.